The van der Waals surface area contributed by atoms with Gasteiger partial charge in [-0.3, -0.25) is 9.83 Å². The quantitative estimate of drug-likeness (QED) is 0.154. The van der Waals surface area contributed by atoms with Crippen LogP contribution in [0.4, 0.5) is 5.13 Å². The first-order valence-electron chi connectivity index (χ1n) is 10.7. The van der Waals surface area contributed by atoms with Crippen molar-refractivity contribution in [1.29, 1.82) is 0 Å². The Morgan fingerprint density at radius 2 is 1.86 bits per heavy atom. The van der Waals surface area contributed by atoms with Crippen molar-refractivity contribution >= 4 is 55.2 Å². The molecule has 170 valence electrons. The minimum absolute atomic E-state index is 0.413. The van der Waals surface area contributed by atoms with Gasteiger partial charge < -0.3 is 4.42 Å². The topological polar surface area (TPSA) is 84.8 Å². The number of rotatable bonds is 5. The van der Waals surface area contributed by atoms with E-state index < -0.39 is 5.63 Å². The average molecular weight is 542 g/mol. The Morgan fingerprint density at radius 3 is 2.74 bits per heavy atom. The molecule has 0 saturated heterocycles. The lowest BCUT2D eigenvalue weighted by atomic mass is 10.1. The Bertz CT molecular complexity index is 1770. The molecule has 9 heteroatoms. The summed E-state index contributed by atoms with van der Waals surface area (Å²) < 4.78 is 8.42. The Balaban J connectivity index is 1.30. The summed E-state index contributed by atoms with van der Waals surface area (Å²) in [6.45, 7) is 0. The number of para-hydroxylation sites is 1. The minimum atomic E-state index is -0.422. The first-order chi connectivity index (χ1) is 17.2. The minimum Gasteiger partial charge on any atom is -0.422 e. The molecule has 1 N–H and O–H groups in total. The zero-order chi connectivity index (χ0) is 23.8. The number of thiazole rings is 1. The van der Waals surface area contributed by atoms with E-state index in [0.717, 1.165) is 32.5 Å². The Hall–Kier alpha value is -4.08. The standard InChI is InChI=1S/C26H16BrN5O2S/c27-18-10-8-16(9-11-18)24-21(32-12-4-3-7-23(32)30-24)14-28-31-26-29-20(15-35-26)19-13-17-5-1-2-6-22(17)34-25(19)33/h1-15H,(H,29,31)/b28-14+. The molecule has 4 aromatic heterocycles. The third-order valence-electron chi connectivity index (χ3n) is 5.45. The van der Waals surface area contributed by atoms with E-state index in [1.807, 2.05) is 71.3 Å². The van der Waals surface area contributed by atoms with Gasteiger partial charge in [0.25, 0.3) is 0 Å². The van der Waals surface area contributed by atoms with Crippen molar-refractivity contribution in [2.24, 2.45) is 5.10 Å². The highest BCUT2D eigenvalue weighted by Crippen LogP contribution is 2.27. The molecule has 0 atom stereocenters. The fourth-order valence-electron chi connectivity index (χ4n) is 3.80. The molecule has 0 radical (unpaired) electrons. The van der Waals surface area contributed by atoms with Crippen LogP contribution in [0.5, 0.6) is 0 Å². The second-order valence-electron chi connectivity index (χ2n) is 7.67. The highest BCUT2D eigenvalue weighted by molar-refractivity contribution is 9.10. The summed E-state index contributed by atoms with van der Waals surface area (Å²) >= 11 is 4.84. The number of benzene rings is 2. The average Bonchev–Trinajstić information content (AvgIpc) is 3.49. The summed E-state index contributed by atoms with van der Waals surface area (Å²) in [6, 6.07) is 23.1. The van der Waals surface area contributed by atoms with Gasteiger partial charge in [0.1, 0.15) is 11.2 Å². The molecule has 6 rings (SSSR count). The molecule has 0 aliphatic carbocycles. The van der Waals surface area contributed by atoms with Gasteiger partial charge in [-0.25, -0.2) is 14.8 Å². The number of hydrazone groups is 1. The number of fused-ring (bicyclic) bond motifs is 2. The fraction of sp³-hybridized carbons (Fsp3) is 0. The van der Waals surface area contributed by atoms with Crippen LogP contribution in [0.15, 0.2) is 103 Å². The van der Waals surface area contributed by atoms with Gasteiger partial charge in [0.15, 0.2) is 0 Å². The van der Waals surface area contributed by atoms with Crippen LogP contribution in [0, 0.1) is 0 Å². The summed E-state index contributed by atoms with van der Waals surface area (Å²) in [5, 5.41) is 7.63. The zero-order valence-electron chi connectivity index (χ0n) is 18.1. The number of nitrogens with zero attached hydrogens (tertiary/aromatic N) is 4. The van der Waals surface area contributed by atoms with E-state index in [0.29, 0.717) is 22.0 Å². The number of hydrogen-bond donors (Lipinski definition) is 1. The van der Waals surface area contributed by atoms with Gasteiger partial charge in [0.2, 0.25) is 5.13 Å². The number of nitrogens with one attached hydrogen (secondary N) is 1. The van der Waals surface area contributed by atoms with Crippen LogP contribution in [0.3, 0.4) is 0 Å². The predicted molar refractivity (Wildman–Crippen MR) is 143 cm³/mol. The largest absolute Gasteiger partial charge is 0.422 e. The molecule has 2 aromatic carbocycles. The van der Waals surface area contributed by atoms with Crippen molar-refractivity contribution in [1.82, 2.24) is 14.4 Å². The molecule has 0 aliphatic rings. The molecular weight excluding hydrogens is 526 g/mol. The van der Waals surface area contributed by atoms with Crippen LogP contribution in [0.1, 0.15) is 5.69 Å². The summed E-state index contributed by atoms with van der Waals surface area (Å²) in [6.07, 6.45) is 3.68. The molecule has 35 heavy (non-hydrogen) atoms. The smallest absolute Gasteiger partial charge is 0.345 e. The van der Waals surface area contributed by atoms with Gasteiger partial charge in [-0.1, -0.05) is 52.3 Å². The lowest BCUT2D eigenvalue weighted by Crippen LogP contribution is -2.03. The summed E-state index contributed by atoms with van der Waals surface area (Å²) in [4.78, 5) is 21.8. The molecule has 6 aromatic rings. The maximum atomic E-state index is 12.5. The van der Waals surface area contributed by atoms with E-state index in [2.05, 4.69) is 31.4 Å². The van der Waals surface area contributed by atoms with Gasteiger partial charge in [0, 0.05) is 27.0 Å². The van der Waals surface area contributed by atoms with E-state index in [-0.39, 0.29) is 0 Å². The van der Waals surface area contributed by atoms with Crippen molar-refractivity contribution in [2.45, 2.75) is 0 Å². The highest BCUT2D eigenvalue weighted by Gasteiger charge is 2.13. The van der Waals surface area contributed by atoms with Crippen LogP contribution in [0.2, 0.25) is 0 Å². The van der Waals surface area contributed by atoms with E-state index >= 15 is 0 Å². The number of pyridine rings is 1. The Kier molecular flexibility index (Phi) is 5.48. The molecule has 4 heterocycles. The molecule has 0 aliphatic heterocycles. The van der Waals surface area contributed by atoms with Crippen LogP contribution < -0.4 is 11.1 Å². The summed E-state index contributed by atoms with van der Waals surface area (Å²) in [7, 11) is 0. The normalized spacial score (nSPS) is 11.6. The third kappa shape index (κ3) is 4.16. The van der Waals surface area contributed by atoms with Crippen molar-refractivity contribution in [3.05, 3.63) is 105 Å². The van der Waals surface area contributed by atoms with Gasteiger partial charge in [0.05, 0.1) is 28.9 Å². The summed E-state index contributed by atoms with van der Waals surface area (Å²) in [5.74, 6) is 0. The molecule has 0 saturated carbocycles. The van der Waals surface area contributed by atoms with Gasteiger partial charge in [-0.15, -0.1) is 11.3 Å². The first kappa shape index (κ1) is 21.5. The van der Waals surface area contributed by atoms with Crippen LogP contribution in [0.25, 0.3) is 39.1 Å². The Labute approximate surface area is 211 Å². The second kappa shape index (κ2) is 8.94. The SMILES string of the molecule is O=c1oc2ccccc2cc1-c1csc(N/N=C/c2c(-c3ccc(Br)cc3)nc3ccccn23)n1. The Morgan fingerprint density at radius 1 is 1.03 bits per heavy atom. The number of imidazole rings is 1. The number of anilines is 1. The van der Waals surface area contributed by atoms with Crippen molar-refractivity contribution < 1.29 is 4.42 Å². The lowest BCUT2D eigenvalue weighted by Gasteiger charge is -2.01. The number of aromatic nitrogens is 3. The van der Waals surface area contributed by atoms with E-state index in [9.17, 15) is 4.79 Å². The molecule has 0 fully saturated rings. The molecule has 0 unspecified atom stereocenters. The van der Waals surface area contributed by atoms with Gasteiger partial charge >= 0.3 is 5.63 Å². The van der Waals surface area contributed by atoms with Gasteiger partial charge in [-0.2, -0.15) is 5.10 Å². The molecular formula is C26H16BrN5O2S. The molecule has 0 spiro atoms. The summed E-state index contributed by atoms with van der Waals surface area (Å²) in [5.41, 5.74) is 7.53. The third-order valence-corrected chi connectivity index (χ3v) is 6.73. The van der Waals surface area contributed by atoms with Crippen molar-refractivity contribution in [3.8, 4) is 22.5 Å². The highest BCUT2D eigenvalue weighted by atomic mass is 79.9. The molecule has 0 bridgehead atoms. The van der Waals surface area contributed by atoms with E-state index in [1.165, 1.54) is 11.3 Å². The predicted octanol–water partition coefficient (Wildman–Crippen LogP) is 6.44. The second-order valence-corrected chi connectivity index (χ2v) is 9.45. The maximum absolute atomic E-state index is 12.5. The van der Waals surface area contributed by atoms with E-state index in [4.69, 9.17) is 9.40 Å². The van der Waals surface area contributed by atoms with Crippen LogP contribution >= 0.6 is 27.3 Å². The van der Waals surface area contributed by atoms with Crippen molar-refractivity contribution in [3.63, 3.8) is 0 Å². The monoisotopic (exact) mass is 541 g/mol. The number of hydrogen-bond acceptors (Lipinski definition) is 7. The number of halogens is 1. The molecule has 0 amide bonds. The first-order valence-corrected chi connectivity index (χ1v) is 12.3. The van der Waals surface area contributed by atoms with Gasteiger partial charge in [-0.05, 0) is 36.4 Å². The van der Waals surface area contributed by atoms with Crippen LogP contribution in [-0.2, 0) is 0 Å². The van der Waals surface area contributed by atoms with E-state index in [1.54, 1.807) is 23.7 Å². The maximum Gasteiger partial charge on any atom is 0.345 e. The molecule has 7 nitrogen and oxygen atoms in total. The van der Waals surface area contributed by atoms with Crippen molar-refractivity contribution in [2.75, 3.05) is 5.43 Å². The van der Waals surface area contributed by atoms with Crippen LogP contribution in [-0.4, -0.2) is 20.6 Å². The zero-order valence-corrected chi connectivity index (χ0v) is 20.5. The fourth-order valence-corrected chi connectivity index (χ4v) is 4.72. The lowest BCUT2D eigenvalue weighted by molar-refractivity contribution is 0.563.